The lowest BCUT2D eigenvalue weighted by molar-refractivity contribution is 0.0335. The second kappa shape index (κ2) is 3.71. The lowest BCUT2D eigenvalue weighted by Crippen LogP contribution is -2.42. The van der Waals surface area contributed by atoms with Crippen molar-refractivity contribution in [3.05, 3.63) is 35.9 Å². The Balaban J connectivity index is 2.10. The molecule has 2 nitrogen and oxygen atoms in total. The maximum atomic E-state index is 10.4. The lowest BCUT2D eigenvalue weighted by atomic mass is 9.88. The van der Waals surface area contributed by atoms with E-state index < -0.39 is 5.60 Å². The Morgan fingerprint density at radius 2 is 2.14 bits per heavy atom. The molecule has 1 aromatic rings. The summed E-state index contributed by atoms with van der Waals surface area (Å²) in [7, 11) is 0. The quantitative estimate of drug-likeness (QED) is 0.739. The van der Waals surface area contributed by atoms with E-state index in [0.717, 1.165) is 19.4 Å². The number of hydrogen-bond donors (Lipinski definition) is 2. The summed E-state index contributed by atoms with van der Waals surface area (Å²) in [5.74, 6) is 0. The van der Waals surface area contributed by atoms with E-state index >= 15 is 0 Å². The highest BCUT2D eigenvalue weighted by Gasteiger charge is 2.37. The summed E-state index contributed by atoms with van der Waals surface area (Å²) in [4.78, 5) is 0. The SMILES string of the molecule is CC1NCCC1(O)Cc1ccccc1. The van der Waals surface area contributed by atoms with Gasteiger partial charge in [-0.05, 0) is 25.5 Å². The molecule has 1 fully saturated rings. The predicted octanol–water partition coefficient (Wildman–Crippen LogP) is 1.34. The van der Waals surface area contributed by atoms with Crippen LogP contribution >= 0.6 is 0 Å². The van der Waals surface area contributed by atoms with Crippen LogP contribution in [-0.2, 0) is 6.42 Å². The fourth-order valence-corrected chi connectivity index (χ4v) is 2.10. The van der Waals surface area contributed by atoms with E-state index in [0.29, 0.717) is 0 Å². The van der Waals surface area contributed by atoms with Gasteiger partial charge in [-0.25, -0.2) is 0 Å². The van der Waals surface area contributed by atoms with Gasteiger partial charge < -0.3 is 10.4 Å². The van der Waals surface area contributed by atoms with Crippen molar-refractivity contribution in [3.63, 3.8) is 0 Å². The maximum absolute atomic E-state index is 10.4. The average Bonchev–Trinajstić information content (AvgIpc) is 2.48. The van der Waals surface area contributed by atoms with Gasteiger partial charge in [-0.1, -0.05) is 30.3 Å². The van der Waals surface area contributed by atoms with Crippen LogP contribution in [0.2, 0.25) is 0 Å². The predicted molar refractivity (Wildman–Crippen MR) is 57.2 cm³/mol. The van der Waals surface area contributed by atoms with Gasteiger partial charge in [0.1, 0.15) is 0 Å². The van der Waals surface area contributed by atoms with Crippen LogP contribution in [0.25, 0.3) is 0 Å². The number of benzene rings is 1. The summed E-state index contributed by atoms with van der Waals surface area (Å²) in [6.07, 6.45) is 1.60. The van der Waals surface area contributed by atoms with E-state index in [2.05, 4.69) is 24.4 Å². The molecule has 2 atom stereocenters. The van der Waals surface area contributed by atoms with E-state index in [4.69, 9.17) is 0 Å². The van der Waals surface area contributed by atoms with Crippen molar-refractivity contribution in [3.8, 4) is 0 Å². The smallest absolute Gasteiger partial charge is 0.0849 e. The first-order valence-corrected chi connectivity index (χ1v) is 5.20. The van der Waals surface area contributed by atoms with Gasteiger partial charge in [0.15, 0.2) is 0 Å². The minimum absolute atomic E-state index is 0.197. The van der Waals surface area contributed by atoms with Gasteiger partial charge in [0.25, 0.3) is 0 Å². The van der Waals surface area contributed by atoms with E-state index in [1.807, 2.05) is 18.2 Å². The molecule has 2 heteroatoms. The summed E-state index contributed by atoms with van der Waals surface area (Å²) in [5.41, 5.74) is 0.659. The van der Waals surface area contributed by atoms with Crippen molar-refractivity contribution >= 4 is 0 Å². The van der Waals surface area contributed by atoms with Crippen molar-refractivity contribution < 1.29 is 5.11 Å². The summed E-state index contributed by atoms with van der Waals surface area (Å²) >= 11 is 0. The van der Waals surface area contributed by atoms with Gasteiger partial charge >= 0.3 is 0 Å². The van der Waals surface area contributed by atoms with E-state index in [1.165, 1.54) is 5.56 Å². The van der Waals surface area contributed by atoms with Crippen molar-refractivity contribution in [2.75, 3.05) is 6.54 Å². The summed E-state index contributed by atoms with van der Waals surface area (Å²) in [6.45, 7) is 2.97. The van der Waals surface area contributed by atoms with Crippen LogP contribution in [0.4, 0.5) is 0 Å². The normalized spacial score (nSPS) is 32.0. The summed E-state index contributed by atoms with van der Waals surface area (Å²) < 4.78 is 0. The minimum Gasteiger partial charge on any atom is -0.388 e. The van der Waals surface area contributed by atoms with Gasteiger partial charge in [-0.15, -0.1) is 0 Å². The van der Waals surface area contributed by atoms with Gasteiger partial charge in [-0.2, -0.15) is 0 Å². The molecule has 1 aliphatic rings. The molecule has 1 saturated heterocycles. The van der Waals surface area contributed by atoms with E-state index in [1.54, 1.807) is 0 Å². The van der Waals surface area contributed by atoms with Crippen molar-refractivity contribution in [2.45, 2.75) is 31.4 Å². The Kier molecular flexibility index (Phi) is 2.57. The highest BCUT2D eigenvalue weighted by Crippen LogP contribution is 2.25. The molecule has 14 heavy (non-hydrogen) atoms. The number of nitrogens with one attached hydrogen (secondary N) is 1. The summed E-state index contributed by atoms with van der Waals surface area (Å²) in [5, 5.41) is 13.6. The second-order valence-electron chi connectivity index (χ2n) is 4.19. The van der Waals surface area contributed by atoms with Crippen LogP contribution in [0.1, 0.15) is 18.9 Å². The molecule has 0 amide bonds. The highest BCUT2D eigenvalue weighted by atomic mass is 16.3. The maximum Gasteiger partial charge on any atom is 0.0849 e. The van der Waals surface area contributed by atoms with Crippen LogP contribution in [0, 0.1) is 0 Å². The Morgan fingerprint density at radius 1 is 1.43 bits per heavy atom. The fraction of sp³-hybridized carbons (Fsp3) is 0.500. The minimum atomic E-state index is -0.554. The van der Waals surface area contributed by atoms with Gasteiger partial charge in [0.05, 0.1) is 5.60 Å². The monoisotopic (exact) mass is 191 g/mol. The van der Waals surface area contributed by atoms with Crippen LogP contribution in [-0.4, -0.2) is 23.3 Å². The number of aliphatic hydroxyl groups is 1. The largest absolute Gasteiger partial charge is 0.388 e. The molecule has 2 N–H and O–H groups in total. The molecule has 0 bridgehead atoms. The molecule has 2 rings (SSSR count). The van der Waals surface area contributed by atoms with Gasteiger partial charge in [-0.3, -0.25) is 0 Å². The zero-order chi connectivity index (χ0) is 10.0. The molecule has 2 unspecified atom stereocenters. The Labute approximate surface area is 85.0 Å². The lowest BCUT2D eigenvalue weighted by Gasteiger charge is -2.27. The Hall–Kier alpha value is -0.860. The molecular weight excluding hydrogens is 174 g/mol. The molecule has 1 aliphatic heterocycles. The van der Waals surface area contributed by atoms with Crippen molar-refractivity contribution in [2.24, 2.45) is 0 Å². The molecular formula is C12H17NO. The number of hydrogen-bond acceptors (Lipinski definition) is 2. The first-order chi connectivity index (χ1) is 6.71. The van der Waals surface area contributed by atoms with Crippen molar-refractivity contribution in [1.82, 2.24) is 5.32 Å². The van der Waals surface area contributed by atoms with Crippen LogP contribution in [0.5, 0.6) is 0 Å². The molecule has 0 radical (unpaired) electrons. The first kappa shape index (κ1) is 9.69. The Morgan fingerprint density at radius 3 is 2.71 bits per heavy atom. The van der Waals surface area contributed by atoms with Crippen LogP contribution in [0.3, 0.4) is 0 Å². The van der Waals surface area contributed by atoms with E-state index in [-0.39, 0.29) is 6.04 Å². The number of rotatable bonds is 2. The zero-order valence-electron chi connectivity index (χ0n) is 8.53. The van der Waals surface area contributed by atoms with Gasteiger partial charge in [0.2, 0.25) is 0 Å². The first-order valence-electron chi connectivity index (χ1n) is 5.20. The molecule has 0 spiro atoms. The molecule has 0 aromatic heterocycles. The topological polar surface area (TPSA) is 32.3 Å². The third kappa shape index (κ3) is 1.81. The fourth-order valence-electron chi connectivity index (χ4n) is 2.10. The molecule has 1 aromatic carbocycles. The molecule has 0 aliphatic carbocycles. The van der Waals surface area contributed by atoms with Crippen LogP contribution < -0.4 is 5.32 Å². The highest BCUT2D eigenvalue weighted by molar-refractivity contribution is 5.18. The molecule has 0 saturated carbocycles. The van der Waals surface area contributed by atoms with Gasteiger partial charge in [0, 0.05) is 12.5 Å². The van der Waals surface area contributed by atoms with Crippen molar-refractivity contribution in [1.29, 1.82) is 0 Å². The average molecular weight is 191 g/mol. The van der Waals surface area contributed by atoms with Crippen LogP contribution in [0.15, 0.2) is 30.3 Å². The standard InChI is InChI=1S/C12H17NO/c1-10-12(14,7-8-13-10)9-11-5-3-2-4-6-11/h2-6,10,13-14H,7-9H2,1H3. The Bertz CT molecular complexity index is 298. The third-order valence-electron chi connectivity index (χ3n) is 3.17. The van der Waals surface area contributed by atoms with E-state index in [9.17, 15) is 5.11 Å². The molecule has 1 heterocycles. The second-order valence-corrected chi connectivity index (χ2v) is 4.19. The third-order valence-corrected chi connectivity index (χ3v) is 3.17. The molecule has 76 valence electrons. The zero-order valence-corrected chi connectivity index (χ0v) is 8.53. The summed E-state index contributed by atoms with van der Waals surface area (Å²) in [6, 6.07) is 10.4.